The van der Waals surface area contributed by atoms with Crippen LogP contribution in [0.15, 0.2) is 0 Å². The van der Waals surface area contributed by atoms with E-state index in [4.69, 9.17) is 9.84 Å². The molecule has 24 heavy (non-hydrogen) atoms. The third-order valence-corrected chi connectivity index (χ3v) is 5.40. The van der Waals surface area contributed by atoms with Crippen molar-refractivity contribution in [1.29, 1.82) is 0 Å². The molecular weight excluding hydrogens is 302 g/mol. The van der Waals surface area contributed by atoms with Crippen molar-refractivity contribution in [1.82, 2.24) is 14.7 Å². The molecule has 1 aromatic heterocycles. The molecule has 0 aromatic carbocycles. The number of aliphatic hydroxyl groups excluding tert-OH is 1. The van der Waals surface area contributed by atoms with Gasteiger partial charge in [0.1, 0.15) is 0 Å². The van der Waals surface area contributed by atoms with Crippen LogP contribution < -0.4 is 4.74 Å². The van der Waals surface area contributed by atoms with Crippen molar-refractivity contribution >= 4 is 0 Å². The second kappa shape index (κ2) is 8.34. The smallest absolute Gasteiger partial charge is 0.216 e. The predicted octanol–water partition coefficient (Wildman–Crippen LogP) is 3.23. The molecule has 0 atom stereocenters. The summed E-state index contributed by atoms with van der Waals surface area (Å²) in [5.74, 6) is 1.49. The van der Waals surface area contributed by atoms with E-state index in [0.717, 1.165) is 57.0 Å². The minimum Gasteiger partial charge on any atom is -0.478 e. The Labute approximate surface area is 147 Å². The predicted molar refractivity (Wildman–Crippen MR) is 97.3 cm³/mol. The van der Waals surface area contributed by atoms with E-state index in [1.807, 2.05) is 11.6 Å². The molecule has 1 aromatic rings. The lowest BCUT2D eigenvalue weighted by Crippen LogP contribution is -2.41. The summed E-state index contributed by atoms with van der Waals surface area (Å²) in [7, 11) is 0. The molecule has 0 radical (unpaired) electrons. The summed E-state index contributed by atoms with van der Waals surface area (Å²) < 4.78 is 7.98. The lowest BCUT2D eigenvalue weighted by molar-refractivity contribution is 0.0378. The van der Waals surface area contributed by atoms with E-state index in [1.165, 1.54) is 5.56 Å². The van der Waals surface area contributed by atoms with Crippen LogP contribution in [-0.2, 0) is 13.1 Å². The Morgan fingerprint density at radius 3 is 2.42 bits per heavy atom. The van der Waals surface area contributed by atoms with Gasteiger partial charge in [-0.1, -0.05) is 20.8 Å². The lowest BCUT2D eigenvalue weighted by atomic mass is 9.77. The van der Waals surface area contributed by atoms with Gasteiger partial charge in [0.05, 0.1) is 17.9 Å². The Kier molecular flexibility index (Phi) is 6.70. The SMILES string of the molecule is CCOc1c(CN2CCC(CC)(CO)CC2)c(C)nn1CC(C)C. The van der Waals surface area contributed by atoms with Crippen molar-refractivity contribution in [3.63, 3.8) is 0 Å². The van der Waals surface area contributed by atoms with Crippen molar-refractivity contribution in [2.45, 2.75) is 67.0 Å². The van der Waals surface area contributed by atoms with Crippen LogP contribution in [0.3, 0.4) is 0 Å². The van der Waals surface area contributed by atoms with E-state index in [2.05, 4.69) is 32.6 Å². The average molecular weight is 338 g/mol. The van der Waals surface area contributed by atoms with Crippen LogP contribution in [0.25, 0.3) is 0 Å². The zero-order chi connectivity index (χ0) is 17.7. The molecule has 0 amide bonds. The molecule has 1 saturated heterocycles. The van der Waals surface area contributed by atoms with Crippen LogP contribution in [0.1, 0.15) is 58.2 Å². The monoisotopic (exact) mass is 337 g/mol. The fourth-order valence-corrected chi connectivity index (χ4v) is 3.58. The van der Waals surface area contributed by atoms with Gasteiger partial charge in [-0.05, 0) is 57.5 Å². The molecule has 1 N–H and O–H groups in total. The largest absolute Gasteiger partial charge is 0.478 e. The lowest BCUT2D eigenvalue weighted by Gasteiger charge is -2.40. The number of hydrogen-bond donors (Lipinski definition) is 1. The minimum atomic E-state index is 0.135. The van der Waals surface area contributed by atoms with Crippen molar-refractivity contribution in [3.05, 3.63) is 11.3 Å². The average Bonchev–Trinajstić information content (AvgIpc) is 2.84. The third kappa shape index (κ3) is 4.31. The minimum absolute atomic E-state index is 0.135. The van der Waals surface area contributed by atoms with Gasteiger partial charge in [0.2, 0.25) is 5.88 Å². The van der Waals surface area contributed by atoms with Crippen LogP contribution in [0.2, 0.25) is 0 Å². The molecule has 0 spiro atoms. The zero-order valence-corrected chi connectivity index (χ0v) is 16.1. The van der Waals surface area contributed by atoms with Gasteiger partial charge in [0, 0.05) is 19.7 Å². The number of piperidine rings is 1. The number of hydrogen-bond acceptors (Lipinski definition) is 4. The topological polar surface area (TPSA) is 50.5 Å². The first-order valence-corrected chi connectivity index (χ1v) is 9.47. The van der Waals surface area contributed by atoms with Gasteiger partial charge in [-0.2, -0.15) is 5.10 Å². The highest BCUT2D eigenvalue weighted by Crippen LogP contribution is 2.35. The summed E-state index contributed by atoms with van der Waals surface area (Å²) in [6, 6.07) is 0. The standard InChI is InChI=1S/C19H35N3O2/c1-6-19(14-23)8-10-21(11-9-19)13-17-16(5)20-22(12-15(3)4)18(17)24-7-2/h15,23H,6-14H2,1-5H3. The third-order valence-electron chi connectivity index (χ3n) is 5.40. The molecule has 1 aliphatic rings. The van der Waals surface area contributed by atoms with Gasteiger partial charge >= 0.3 is 0 Å². The molecule has 5 heteroatoms. The fraction of sp³-hybridized carbons (Fsp3) is 0.842. The van der Waals surface area contributed by atoms with Crippen molar-refractivity contribution < 1.29 is 9.84 Å². The van der Waals surface area contributed by atoms with Crippen molar-refractivity contribution in [2.75, 3.05) is 26.3 Å². The van der Waals surface area contributed by atoms with Crippen LogP contribution in [-0.4, -0.2) is 46.1 Å². The van der Waals surface area contributed by atoms with Crippen molar-refractivity contribution in [2.24, 2.45) is 11.3 Å². The summed E-state index contributed by atoms with van der Waals surface area (Å²) >= 11 is 0. The summed E-state index contributed by atoms with van der Waals surface area (Å²) in [5, 5.41) is 14.4. The first-order valence-electron chi connectivity index (χ1n) is 9.47. The number of aromatic nitrogens is 2. The fourth-order valence-electron chi connectivity index (χ4n) is 3.58. The van der Waals surface area contributed by atoms with Gasteiger partial charge in [-0.3, -0.25) is 4.90 Å². The van der Waals surface area contributed by atoms with Gasteiger partial charge < -0.3 is 9.84 Å². The van der Waals surface area contributed by atoms with E-state index in [0.29, 0.717) is 19.1 Å². The molecule has 1 fully saturated rings. The maximum Gasteiger partial charge on any atom is 0.216 e. The van der Waals surface area contributed by atoms with Gasteiger partial charge in [-0.15, -0.1) is 0 Å². The maximum atomic E-state index is 9.71. The number of likely N-dealkylation sites (tertiary alicyclic amines) is 1. The van der Waals surface area contributed by atoms with E-state index in [-0.39, 0.29) is 5.41 Å². The first kappa shape index (κ1) is 19.3. The number of nitrogens with zero attached hydrogens (tertiary/aromatic N) is 3. The summed E-state index contributed by atoms with van der Waals surface area (Å²) in [5.41, 5.74) is 2.44. The Morgan fingerprint density at radius 2 is 1.92 bits per heavy atom. The number of rotatable bonds is 8. The summed E-state index contributed by atoms with van der Waals surface area (Å²) in [4.78, 5) is 2.48. The molecule has 0 unspecified atom stereocenters. The van der Waals surface area contributed by atoms with Gasteiger partial charge in [-0.25, -0.2) is 4.68 Å². The number of ether oxygens (including phenoxy) is 1. The second-order valence-electron chi connectivity index (χ2n) is 7.67. The number of aliphatic hydroxyl groups is 1. The molecule has 0 bridgehead atoms. The first-order chi connectivity index (χ1) is 11.4. The Morgan fingerprint density at radius 1 is 1.25 bits per heavy atom. The normalized spacial score (nSPS) is 18.3. The molecule has 0 saturated carbocycles. The van der Waals surface area contributed by atoms with Crippen molar-refractivity contribution in [3.8, 4) is 5.88 Å². The molecule has 1 aliphatic heterocycles. The summed E-state index contributed by atoms with van der Waals surface area (Å²) in [6.07, 6.45) is 3.21. The maximum absolute atomic E-state index is 9.71. The second-order valence-corrected chi connectivity index (χ2v) is 7.67. The van der Waals surface area contributed by atoms with E-state index < -0.39 is 0 Å². The Balaban J connectivity index is 2.11. The Bertz CT molecular complexity index is 511. The van der Waals surface area contributed by atoms with E-state index >= 15 is 0 Å². The van der Waals surface area contributed by atoms with Gasteiger partial charge in [0.15, 0.2) is 0 Å². The molecule has 2 heterocycles. The van der Waals surface area contributed by atoms with Crippen LogP contribution >= 0.6 is 0 Å². The zero-order valence-electron chi connectivity index (χ0n) is 16.1. The quantitative estimate of drug-likeness (QED) is 0.791. The van der Waals surface area contributed by atoms with Crippen LogP contribution in [0.5, 0.6) is 5.88 Å². The summed E-state index contributed by atoms with van der Waals surface area (Å²) in [6.45, 7) is 15.6. The van der Waals surface area contributed by atoms with Crippen LogP contribution in [0.4, 0.5) is 0 Å². The highest BCUT2D eigenvalue weighted by Gasteiger charge is 2.33. The molecule has 0 aliphatic carbocycles. The highest BCUT2D eigenvalue weighted by atomic mass is 16.5. The molecular formula is C19H35N3O2. The molecule has 5 nitrogen and oxygen atoms in total. The highest BCUT2D eigenvalue weighted by molar-refractivity contribution is 5.31. The molecule has 2 rings (SSSR count). The number of aryl methyl sites for hydroxylation is 1. The molecule has 138 valence electrons. The van der Waals surface area contributed by atoms with E-state index in [1.54, 1.807) is 0 Å². The Hall–Kier alpha value is -1.07. The van der Waals surface area contributed by atoms with E-state index in [9.17, 15) is 5.11 Å². The van der Waals surface area contributed by atoms with Crippen LogP contribution in [0, 0.1) is 18.3 Å². The van der Waals surface area contributed by atoms with Gasteiger partial charge in [0.25, 0.3) is 0 Å².